The Kier molecular flexibility index (Phi) is 9.98. The summed E-state index contributed by atoms with van der Waals surface area (Å²) >= 11 is 0. The first kappa shape index (κ1) is 30.7. The lowest BCUT2D eigenvalue weighted by Gasteiger charge is -2.28. The zero-order chi connectivity index (χ0) is 29.5. The van der Waals surface area contributed by atoms with Gasteiger partial charge in [-0.25, -0.2) is 14.9 Å². The van der Waals surface area contributed by atoms with Gasteiger partial charge < -0.3 is 15.2 Å². The molecular weight excluding hydrogens is 536 g/mol. The molecule has 0 spiro atoms. The summed E-state index contributed by atoms with van der Waals surface area (Å²) in [5, 5.41) is 22.9. The summed E-state index contributed by atoms with van der Waals surface area (Å²) < 4.78 is 57.2. The quantitative estimate of drug-likeness (QED) is 0.146. The van der Waals surface area contributed by atoms with Gasteiger partial charge in [-0.3, -0.25) is 19.8 Å². The Balaban J connectivity index is 1.90. The maximum Gasteiger partial charge on any atom is 0.573 e. The predicted octanol–water partition coefficient (Wildman–Crippen LogP) is 4.27. The highest BCUT2D eigenvalue weighted by Crippen LogP contribution is 2.29. The number of ether oxygens (including phenoxy) is 1. The minimum absolute atomic E-state index is 0.0156. The molecule has 3 aromatic rings. The number of nitrogens with zero attached hydrogens (tertiary/aromatic N) is 2. The Morgan fingerprint density at radius 2 is 1.68 bits per heavy atom. The molecule has 216 valence electrons. The number of carbonyl (C=O) groups excluding carboxylic acids is 2. The average Bonchev–Trinajstić information content (AvgIpc) is 2.89. The molecule has 2 amide bonds. The van der Waals surface area contributed by atoms with Crippen molar-refractivity contribution in [2.75, 3.05) is 0 Å². The largest absolute Gasteiger partial charge is 0.573 e. The molecule has 4 N–H and O–H groups in total. The zero-order valence-corrected chi connectivity index (χ0v) is 21.8. The molecule has 3 unspecified atom stereocenters. The van der Waals surface area contributed by atoms with Crippen LogP contribution in [0.5, 0.6) is 5.75 Å². The topological polar surface area (TPSA) is 134 Å². The molecule has 40 heavy (non-hydrogen) atoms. The minimum Gasteiger partial charge on any atom is -0.406 e. The van der Waals surface area contributed by atoms with E-state index in [0.29, 0.717) is 11.0 Å². The van der Waals surface area contributed by atoms with Gasteiger partial charge in [0.15, 0.2) is 0 Å². The van der Waals surface area contributed by atoms with Crippen LogP contribution in [0.3, 0.4) is 0 Å². The van der Waals surface area contributed by atoms with Crippen LogP contribution in [0.4, 0.5) is 17.6 Å². The molecule has 2 aromatic carbocycles. The lowest BCUT2D eigenvalue weighted by atomic mass is 9.87. The van der Waals surface area contributed by atoms with Crippen LogP contribution >= 0.6 is 0 Å². The fourth-order valence-corrected chi connectivity index (χ4v) is 4.15. The van der Waals surface area contributed by atoms with Crippen molar-refractivity contribution in [2.45, 2.75) is 63.7 Å². The van der Waals surface area contributed by atoms with Gasteiger partial charge in [0.25, 0.3) is 5.91 Å². The van der Waals surface area contributed by atoms with Crippen LogP contribution in [0.25, 0.3) is 11.0 Å². The van der Waals surface area contributed by atoms with Crippen molar-refractivity contribution in [3.8, 4) is 5.75 Å². The fraction of sp³-hybridized carbons (Fsp3) is 0.407. The number of hydroxylamine groups is 1. The number of fused-ring (bicyclic) bond motifs is 1. The van der Waals surface area contributed by atoms with Gasteiger partial charge in [-0.1, -0.05) is 30.3 Å². The van der Waals surface area contributed by atoms with Crippen LogP contribution in [0.2, 0.25) is 0 Å². The second-order valence-electron chi connectivity index (χ2n) is 9.92. The first-order valence-corrected chi connectivity index (χ1v) is 12.4. The normalized spacial score (nSPS) is 14.3. The zero-order valence-electron chi connectivity index (χ0n) is 21.8. The average molecular weight is 567 g/mol. The third-order valence-corrected chi connectivity index (χ3v) is 6.19. The molecule has 0 bridgehead atoms. The lowest BCUT2D eigenvalue weighted by molar-refractivity contribution is -0.274. The van der Waals surface area contributed by atoms with E-state index in [4.69, 9.17) is 5.21 Å². The number of halogens is 4. The highest BCUT2D eigenvalue weighted by Gasteiger charge is 2.34. The number of aliphatic hydroxyl groups excluding tert-OH is 1. The van der Waals surface area contributed by atoms with Crippen molar-refractivity contribution in [3.63, 3.8) is 0 Å². The number of benzene rings is 2. The van der Waals surface area contributed by atoms with Gasteiger partial charge in [0.2, 0.25) is 5.91 Å². The van der Waals surface area contributed by atoms with E-state index < -0.39 is 47.7 Å². The number of carbonyl (C=O) groups is 2. The molecule has 9 nitrogen and oxygen atoms in total. The van der Waals surface area contributed by atoms with Gasteiger partial charge in [0, 0.05) is 5.92 Å². The Morgan fingerprint density at radius 3 is 2.33 bits per heavy atom. The molecule has 13 heteroatoms. The maximum atomic E-state index is 14.1. The summed E-state index contributed by atoms with van der Waals surface area (Å²) in [6, 6.07) is 10.8. The van der Waals surface area contributed by atoms with E-state index in [1.165, 1.54) is 43.7 Å². The number of rotatable bonds is 12. The van der Waals surface area contributed by atoms with Gasteiger partial charge in [-0.05, 0) is 63.3 Å². The lowest BCUT2D eigenvalue weighted by Crippen LogP contribution is -2.47. The highest BCUT2D eigenvalue weighted by molar-refractivity contribution is 5.94. The van der Waals surface area contributed by atoms with Crippen molar-refractivity contribution in [1.82, 2.24) is 20.8 Å². The van der Waals surface area contributed by atoms with Gasteiger partial charge in [-0.2, -0.15) is 0 Å². The molecule has 0 aliphatic carbocycles. The van der Waals surface area contributed by atoms with E-state index in [1.54, 1.807) is 24.3 Å². The number of alkyl halides is 4. The number of hydrogen-bond donors (Lipinski definition) is 4. The van der Waals surface area contributed by atoms with E-state index in [1.807, 2.05) is 0 Å². The summed E-state index contributed by atoms with van der Waals surface area (Å²) in [6.45, 7) is 2.62. The molecule has 0 fully saturated rings. The van der Waals surface area contributed by atoms with Crippen molar-refractivity contribution >= 4 is 22.8 Å². The van der Waals surface area contributed by atoms with E-state index in [-0.39, 0.29) is 36.9 Å². The molecule has 0 aliphatic rings. The van der Waals surface area contributed by atoms with Gasteiger partial charge in [0.1, 0.15) is 17.1 Å². The molecule has 1 aromatic heterocycles. The van der Waals surface area contributed by atoms with Crippen LogP contribution < -0.4 is 15.5 Å². The maximum absolute atomic E-state index is 14.1. The molecule has 0 radical (unpaired) electrons. The number of aromatic nitrogens is 2. The Hall–Kier alpha value is -3.84. The predicted molar refractivity (Wildman–Crippen MR) is 136 cm³/mol. The standard InChI is InChI=1S/C27H30F4N4O5/c1-26(2,28)12-11-17(24(37)35-39)14-22(36)20(13-16-7-3-6-10-23(16)40-27(29,30)31)34-25(38)21-15-32-18-8-4-5-9-19(18)33-21/h3-10,15,17,20,22,36,39H,11-14H2,1-2H3,(H,34,38)(H,35,37). The molecule has 0 aliphatic heterocycles. The van der Waals surface area contributed by atoms with E-state index in [9.17, 15) is 32.3 Å². The Bertz CT molecular complexity index is 1320. The SMILES string of the molecule is CC(C)(F)CCC(CC(O)C(Cc1ccccc1OC(F)(F)F)NC(=O)c1cnc2ccccc2n1)C(=O)NO. The second kappa shape index (κ2) is 13.0. The van der Waals surface area contributed by atoms with Crippen molar-refractivity contribution < 1.29 is 42.2 Å². The van der Waals surface area contributed by atoms with E-state index >= 15 is 0 Å². The molecule has 0 saturated heterocycles. The molecular formula is C27H30F4N4O5. The molecule has 3 atom stereocenters. The Labute approximate surface area is 227 Å². The number of para-hydroxylation sites is 3. The van der Waals surface area contributed by atoms with E-state index in [0.717, 1.165) is 6.07 Å². The van der Waals surface area contributed by atoms with Gasteiger partial charge in [-0.15, -0.1) is 13.2 Å². The monoisotopic (exact) mass is 566 g/mol. The van der Waals surface area contributed by atoms with E-state index in [2.05, 4.69) is 20.0 Å². The van der Waals surface area contributed by atoms with Crippen molar-refractivity contribution in [2.24, 2.45) is 5.92 Å². The first-order chi connectivity index (χ1) is 18.8. The third-order valence-electron chi connectivity index (χ3n) is 6.19. The van der Waals surface area contributed by atoms with Crippen LogP contribution in [-0.4, -0.2) is 56.3 Å². The van der Waals surface area contributed by atoms with Crippen LogP contribution in [0.15, 0.2) is 54.7 Å². The summed E-state index contributed by atoms with van der Waals surface area (Å²) in [5.41, 5.74) is 0.702. The van der Waals surface area contributed by atoms with Crippen LogP contribution in [-0.2, 0) is 11.2 Å². The number of amides is 2. The summed E-state index contributed by atoms with van der Waals surface area (Å²) in [7, 11) is 0. The molecule has 1 heterocycles. The summed E-state index contributed by atoms with van der Waals surface area (Å²) in [6.07, 6.45) is -6.10. The molecule has 0 saturated carbocycles. The van der Waals surface area contributed by atoms with Gasteiger partial charge in [0.05, 0.1) is 29.4 Å². The second-order valence-corrected chi connectivity index (χ2v) is 9.92. The van der Waals surface area contributed by atoms with Crippen molar-refractivity contribution in [1.29, 1.82) is 0 Å². The first-order valence-electron chi connectivity index (χ1n) is 12.4. The fourth-order valence-electron chi connectivity index (χ4n) is 4.15. The van der Waals surface area contributed by atoms with Gasteiger partial charge >= 0.3 is 6.36 Å². The van der Waals surface area contributed by atoms with Crippen LogP contribution in [0.1, 0.15) is 49.2 Å². The smallest absolute Gasteiger partial charge is 0.406 e. The molecule has 3 rings (SSSR count). The third kappa shape index (κ3) is 9.12. The Morgan fingerprint density at radius 1 is 1.02 bits per heavy atom. The number of nitrogens with one attached hydrogen (secondary N) is 2. The summed E-state index contributed by atoms with van der Waals surface area (Å²) in [5.74, 6) is -3.26. The van der Waals surface area contributed by atoms with Crippen molar-refractivity contribution in [3.05, 3.63) is 66.0 Å². The number of hydrogen-bond acceptors (Lipinski definition) is 7. The summed E-state index contributed by atoms with van der Waals surface area (Å²) in [4.78, 5) is 33.8. The minimum atomic E-state index is -4.99. The highest BCUT2D eigenvalue weighted by atomic mass is 19.4. The van der Waals surface area contributed by atoms with Crippen LogP contribution in [0, 0.1) is 5.92 Å². The number of aliphatic hydroxyl groups is 1.